The number of hydrogen-bond acceptors (Lipinski definition) is 4. The first-order chi connectivity index (χ1) is 7.52. The smallest absolute Gasteiger partial charge is 0.407 e. The minimum atomic E-state index is -1.39. The summed E-state index contributed by atoms with van der Waals surface area (Å²) in [5, 5.41) is 21.6. The zero-order valence-corrected chi connectivity index (χ0v) is 10.1. The number of nitrogens with one attached hydrogen (secondary N) is 1. The molecule has 16 heavy (non-hydrogen) atoms. The molecule has 0 spiro atoms. The number of alkyl carbamates (subject to hydrolysis) is 1. The number of rotatable bonds is 5. The van der Waals surface area contributed by atoms with E-state index in [9.17, 15) is 15.0 Å². The highest BCUT2D eigenvalue weighted by Gasteiger charge is 2.63. The van der Waals surface area contributed by atoms with E-state index < -0.39 is 17.8 Å². The zero-order chi connectivity index (χ0) is 12.3. The molecule has 1 saturated carbocycles. The van der Waals surface area contributed by atoms with Gasteiger partial charge in [0.05, 0.1) is 7.11 Å². The molecule has 1 amide bonds. The topological polar surface area (TPSA) is 78.8 Å². The van der Waals surface area contributed by atoms with Crippen molar-refractivity contribution in [2.45, 2.75) is 45.4 Å². The van der Waals surface area contributed by atoms with E-state index in [4.69, 9.17) is 0 Å². The summed E-state index contributed by atoms with van der Waals surface area (Å²) in [6, 6.07) is -0.190. The third-order valence-corrected chi connectivity index (χ3v) is 3.75. The van der Waals surface area contributed by atoms with Gasteiger partial charge in [-0.2, -0.15) is 0 Å². The summed E-state index contributed by atoms with van der Waals surface area (Å²) >= 11 is 0. The van der Waals surface area contributed by atoms with Crippen LogP contribution in [0.15, 0.2) is 0 Å². The minimum Gasteiger partial charge on any atom is -0.453 e. The number of aliphatic hydroxyl groups excluding tert-OH is 1. The van der Waals surface area contributed by atoms with Gasteiger partial charge in [-0.1, -0.05) is 26.7 Å². The Morgan fingerprint density at radius 2 is 2.06 bits per heavy atom. The van der Waals surface area contributed by atoms with Crippen LogP contribution in [0.4, 0.5) is 4.79 Å². The Kier molecular flexibility index (Phi) is 4.15. The number of ether oxygens (including phenoxy) is 1. The van der Waals surface area contributed by atoms with Crippen molar-refractivity contribution >= 4 is 6.09 Å². The monoisotopic (exact) mass is 231 g/mol. The quantitative estimate of drug-likeness (QED) is 0.613. The molecule has 5 nitrogen and oxygen atoms in total. The molecule has 0 radical (unpaired) electrons. The molecule has 1 rings (SSSR count). The molecule has 0 aromatic rings. The molecule has 1 fully saturated rings. The van der Waals surface area contributed by atoms with E-state index in [-0.39, 0.29) is 12.0 Å². The maximum atomic E-state index is 11.1. The molecule has 2 atom stereocenters. The Balaban J connectivity index is 2.69. The highest BCUT2D eigenvalue weighted by molar-refractivity contribution is 5.68. The Hall–Kier alpha value is -0.810. The highest BCUT2D eigenvalue weighted by Crippen LogP contribution is 2.56. The molecule has 1 aliphatic carbocycles. The van der Waals surface area contributed by atoms with Gasteiger partial charge in [0.25, 0.3) is 0 Å². The van der Waals surface area contributed by atoms with E-state index in [1.165, 1.54) is 7.11 Å². The number of amides is 1. The van der Waals surface area contributed by atoms with Crippen LogP contribution in [-0.4, -0.2) is 35.7 Å². The van der Waals surface area contributed by atoms with Crippen molar-refractivity contribution in [3.8, 4) is 0 Å². The highest BCUT2D eigenvalue weighted by atomic mass is 16.5. The van der Waals surface area contributed by atoms with Gasteiger partial charge in [0.15, 0.2) is 6.29 Å². The first-order valence-corrected chi connectivity index (χ1v) is 5.73. The summed E-state index contributed by atoms with van der Waals surface area (Å²) in [7, 11) is 1.30. The van der Waals surface area contributed by atoms with Crippen LogP contribution in [0.1, 0.15) is 33.1 Å². The molecule has 3 N–H and O–H groups in total. The molecule has 94 valence electrons. The number of hydrogen-bond donors (Lipinski definition) is 3. The first kappa shape index (κ1) is 13.3. The standard InChI is InChI=1S/C11H21NO4/c1-4-7(5-2)11(9(13)14)6-8(11)12-10(15)16-3/h7-9,13-14H,4-6H2,1-3H3,(H,12,15). The lowest BCUT2D eigenvalue weighted by molar-refractivity contribution is -0.118. The van der Waals surface area contributed by atoms with Gasteiger partial charge in [-0.15, -0.1) is 0 Å². The fourth-order valence-electron chi connectivity index (χ4n) is 2.68. The molecule has 1 aliphatic rings. The second-order valence-electron chi connectivity index (χ2n) is 4.39. The average Bonchev–Trinajstić information content (AvgIpc) is 2.95. The summed E-state index contributed by atoms with van der Waals surface area (Å²) in [6.45, 7) is 4.04. The van der Waals surface area contributed by atoms with E-state index in [0.29, 0.717) is 6.42 Å². The van der Waals surface area contributed by atoms with Gasteiger partial charge >= 0.3 is 6.09 Å². The molecular weight excluding hydrogens is 210 g/mol. The SMILES string of the molecule is CCC(CC)C1(C(O)O)CC1NC(=O)OC. The van der Waals surface area contributed by atoms with Crippen molar-refractivity contribution in [1.29, 1.82) is 0 Å². The second-order valence-corrected chi connectivity index (χ2v) is 4.39. The van der Waals surface area contributed by atoms with Crippen molar-refractivity contribution in [2.24, 2.45) is 11.3 Å². The molecule has 0 aromatic carbocycles. The third kappa shape index (κ3) is 2.15. The van der Waals surface area contributed by atoms with Gasteiger partial charge in [0.1, 0.15) is 0 Å². The van der Waals surface area contributed by atoms with Gasteiger partial charge in [-0.25, -0.2) is 4.79 Å². The fraction of sp³-hybridized carbons (Fsp3) is 0.909. The fourth-order valence-corrected chi connectivity index (χ4v) is 2.68. The lowest BCUT2D eigenvalue weighted by Crippen LogP contribution is -2.39. The van der Waals surface area contributed by atoms with E-state index >= 15 is 0 Å². The van der Waals surface area contributed by atoms with E-state index in [2.05, 4.69) is 10.1 Å². The van der Waals surface area contributed by atoms with Crippen LogP contribution in [0.5, 0.6) is 0 Å². The Morgan fingerprint density at radius 1 is 1.50 bits per heavy atom. The molecule has 0 bridgehead atoms. The molecule has 0 heterocycles. The van der Waals surface area contributed by atoms with Gasteiger partial charge in [-0.05, 0) is 12.3 Å². The van der Waals surface area contributed by atoms with Gasteiger partial charge in [0.2, 0.25) is 0 Å². The number of methoxy groups -OCH3 is 1. The lowest BCUT2D eigenvalue weighted by atomic mass is 9.83. The van der Waals surface area contributed by atoms with Crippen LogP contribution in [0, 0.1) is 11.3 Å². The number of carbonyl (C=O) groups excluding carboxylic acids is 1. The van der Waals surface area contributed by atoms with Gasteiger partial charge in [-0.3, -0.25) is 0 Å². The van der Waals surface area contributed by atoms with E-state index in [1.807, 2.05) is 13.8 Å². The van der Waals surface area contributed by atoms with Crippen LogP contribution < -0.4 is 5.32 Å². The summed E-state index contributed by atoms with van der Waals surface area (Å²) < 4.78 is 4.51. The van der Waals surface area contributed by atoms with Gasteiger partial charge in [0, 0.05) is 11.5 Å². The number of aliphatic hydroxyl groups is 2. The second kappa shape index (κ2) is 5.01. The zero-order valence-electron chi connectivity index (χ0n) is 10.1. The Labute approximate surface area is 95.8 Å². The molecular formula is C11H21NO4. The van der Waals surface area contributed by atoms with Crippen LogP contribution in [0.2, 0.25) is 0 Å². The summed E-state index contributed by atoms with van der Waals surface area (Å²) in [4.78, 5) is 11.1. The average molecular weight is 231 g/mol. The van der Waals surface area contributed by atoms with Crippen LogP contribution in [0.25, 0.3) is 0 Å². The lowest BCUT2D eigenvalue weighted by Gasteiger charge is -2.28. The summed E-state index contributed by atoms with van der Waals surface area (Å²) in [5.41, 5.74) is -0.586. The first-order valence-electron chi connectivity index (χ1n) is 5.73. The van der Waals surface area contributed by atoms with Crippen molar-refractivity contribution < 1.29 is 19.7 Å². The van der Waals surface area contributed by atoms with E-state index in [1.54, 1.807) is 0 Å². The predicted molar refractivity (Wildman–Crippen MR) is 58.7 cm³/mol. The Bertz CT molecular complexity index is 252. The molecule has 0 aromatic heterocycles. The van der Waals surface area contributed by atoms with Crippen molar-refractivity contribution in [2.75, 3.05) is 7.11 Å². The van der Waals surface area contributed by atoms with Crippen LogP contribution >= 0.6 is 0 Å². The molecule has 0 aliphatic heterocycles. The normalized spacial score (nSPS) is 28.3. The molecule has 2 unspecified atom stereocenters. The van der Waals surface area contributed by atoms with Crippen molar-refractivity contribution in [3.63, 3.8) is 0 Å². The van der Waals surface area contributed by atoms with Gasteiger partial charge < -0.3 is 20.3 Å². The van der Waals surface area contributed by atoms with E-state index in [0.717, 1.165) is 12.8 Å². The van der Waals surface area contributed by atoms with Crippen LogP contribution in [0.3, 0.4) is 0 Å². The van der Waals surface area contributed by atoms with Crippen LogP contribution in [-0.2, 0) is 4.74 Å². The van der Waals surface area contributed by atoms with Crippen molar-refractivity contribution in [1.82, 2.24) is 5.32 Å². The maximum Gasteiger partial charge on any atom is 0.407 e. The van der Waals surface area contributed by atoms with Crippen molar-refractivity contribution in [3.05, 3.63) is 0 Å². The minimum absolute atomic E-state index is 0.190. The summed E-state index contributed by atoms with van der Waals surface area (Å²) in [5.74, 6) is 0.203. The molecule has 5 heteroatoms. The third-order valence-electron chi connectivity index (χ3n) is 3.75. The predicted octanol–water partition coefficient (Wildman–Crippen LogP) is 0.848. The Morgan fingerprint density at radius 3 is 2.44 bits per heavy atom. The maximum absolute atomic E-state index is 11.1. The summed E-state index contributed by atoms with van der Waals surface area (Å²) in [6.07, 6.45) is 0.436. The molecule has 0 saturated heterocycles. The largest absolute Gasteiger partial charge is 0.453 e. The number of carbonyl (C=O) groups is 1.